The van der Waals surface area contributed by atoms with E-state index in [0.29, 0.717) is 5.02 Å². The maximum Gasteiger partial charge on any atom is 0.139 e. The van der Waals surface area contributed by atoms with Crippen LogP contribution in [0.15, 0.2) is 18.2 Å². The number of hydrogen-bond acceptors (Lipinski definition) is 1. The van der Waals surface area contributed by atoms with Crippen LogP contribution in [0.25, 0.3) is 0 Å². The van der Waals surface area contributed by atoms with Gasteiger partial charge in [0.15, 0.2) is 0 Å². The van der Waals surface area contributed by atoms with E-state index in [1.165, 1.54) is 19.1 Å². The van der Waals surface area contributed by atoms with E-state index in [-0.39, 0.29) is 11.3 Å². The average Bonchev–Trinajstić information content (AvgIpc) is 2.02. The predicted octanol–water partition coefficient (Wildman–Crippen LogP) is 3.35. The number of Topliss-reactive ketones (excluding diaryl/α,β-unsaturated/α-hetero) is 1. The van der Waals surface area contributed by atoms with Gasteiger partial charge in [-0.3, -0.25) is 4.79 Å². The van der Waals surface area contributed by atoms with Gasteiger partial charge in [-0.25, -0.2) is 4.39 Å². The van der Waals surface area contributed by atoms with Gasteiger partial charge in [0, 0.05) is 10.6 Å². The molecule has 0 bridgehead atoms. The van der Waals surface area contributed by atoms with E-state index in [2.05, 4.69) is 0 Å². The minimum atomic E-state index is -0.873. The van der Waals surface area contributed by atoms with E-state index < -0.39 is 11.2 Å². The second-order valence-corrected chi connectivity index (χ2v) is 4.19. The first-order valence-corrected chi connectivity index (χ1v) is 4.70. The summed E-state index contributed by atoms with van der Waals surface area (Å²) in [6, 6.07) is 4.42. The van der Waals surface area contributed by atoms with Crippen molar-refractivity contribution in [1.82, 2.24) is 0 Å². The number of ketones is 1. The highest BCUT2D eigenvalue weighted by molar-refractivity contribution is 6.31. The Kier molecular flexibility index (Phi) is 2.95. The van der Waals surface area contributed by atoms with Gasteiger partial charge < -0.3 is 0 Å². The summed E-state index contributed by atoms with van der Waals surface area (Å²) in [4.78, 5) is 11.3. The van der Waals surface area contributed by atoms with Gasteiger partial charge in [0.2, 0.25) is 0 Å². The third-order valence-corrected chi connectivity index (χ3v) is 2.78. The SMILES string of the molecule is CC(=O)C(C)(C)c1c(F)cccc1Cl. The summed E-state index contributed by atoms with van der Waals surface area (Å²) < 4.78 is 13.5. The van der Waals surface area contributed by atoms with Crippen molar-refractivity contribution in [2.24, 2.45) is 0 Å². The van der Waals surface area contributed by atoms with Gasteiger partial charge in [-0.15, -0.1) is 0 Å². The Morgan fingerprint density at radius 3 is 2.43 bits per heavy atom. The molecule has 0 atom stereocenters. The molecule has 0 spiro atoms. The van der Waals surface area contributed by atoms with E-state index in [4.69, 9.17) is 11.6 Å². The normalized spacial score (nSPS) is 11.5. The highest BCUT2D eigenvalue weighted by Gasteiger charge is 2.31. The Hall–Kier alpha value is -0.890. The van der Waals surface area contributed by atoms with Gasteiger partial charge in [0.25, 0.3) is 0 Å². The maximum atomic E-state index is 13.5. The van der Waals surface area contributed by atoms with Crippen molar-refractivity contribution in [1.29, 1.82) is 0 Å². The highest BCUT2D eigenvalue weighted by Crippen LogP contribution is 2.32. The minimum absolute atomic E-state index is 0.107. The standard InChI is InChI=1S/C11H12ClFO/c1-7(14)11(2,3)10-8(12)5-4-6-9(10)13/h4-6H,1-3H3. The molecule has 0 aliphatic rings. The van der Waals surface area contributed by atoms with Crippen molar-refractivity contribution in [3.05, 3.63) is 34.6 Å². The molecular weight excluding hydrogens is 203 g/mol. The maximum absolute atomic E-state index is 13.5. The average molecular weight is 215 g/mol. The van der Waals surface area contributed by atoms with Crippen molar-refractivity contribution in [2.75, 3.05) is 0 Å². The molecular formula is C11H12ClFO. The molecule has 0 N–H and O–H groups in total. The molecule has 0 amide bonds. The third kappa shape index (κ3) is 1.80. The highest BCUT2D eigenvalue weighted by atomic mass is 35.5. The number of benzene rings is 1. The van der Waals surface area contributed by atoms with E-state index in [0.717, 1.165) is 0 Å². The Morgan fingerprint density at radius 2 is 2.00 bits per heavy atom. The lowest BCUT2D eigenvalue weighted by Crippen LogP contribution is -2.28. The van der Waals surface area contributed by atoms with Crippen LogP contribution in [0.3, 0.4) is 0 Å². The van der Waals surface area contributed by atoms with Gasteiger partial charge in [-0.2, -0.15) is 0 Å². The zero-order chi connectivity index (χ0) is 10.9. The predicted molar refractivity (Wildman–Crippen MR) is 55.1 cm³/mol. The Morgan fingerprint density at radius 1 is 1.43 bits per heavy atom. The number of carbonyl (C=O) groups is 1. The van der Waals surface area contributed by atoms with E-state index >= 15 is 0 Å². The molecule has 0 aliphatic heterocycles. The molecule has 0 unspecified atom stereocenters. The lowest BCUT2D eigenvalue weighted by Gasteiger charge is -2.23. The molecule has 0 saturated heterocycles. The van der Waals surface area contributed by atoms with Crippen molar-refractivity contribution >= 4 is 17.4 Å². The second kappa shape index (κ2) is 3.70. The summed E-state index contributed by atoms with van der Waals surface area (Å²) in [6.45, 7) is 4.77. The molecule has 76 valence electrons. The fourth-order valence-corrected chi connectivity index (χ4v) is 1.67. The molecule has 1 aromatic carbocycles. The fraction of sp³-hybridized carbons (Fsp3) is 0.364. The van der Waals surface area contributed by atoms with E-state index in [1.807, 2.05) is 0 Å². The second-order valence-electron chi connectivity index (χ2n) is 3.78. The van der Waals surface area contributed by atoms with Crippen molar-refractivity contribution in [2.45, 2.75) is 26.2 Å². The zero-order valence-electron chi connectivity index (χ0n) is 8.40. The van der Waals surface area contributed by atoms with Crippen LogP contribution in [0, 0.1) is 5.82 Å². The Labute approximate surface area is 87.9 Å². The van der Waals surface area contributed by atoms with E-state index in [9.17, 15) is 9.18 Å². The number of rotatable bonds is 2. The Balaban J connectivity index is 3.38. The van der Waals surface area contributed by atoms with Crippen LogP contribution in [0.5, 0.6) is 0 Å². The van der Waals surface area contributed by atoms with Crippen LogP contribution in [-0.2, 0) is 10.2 Å². The van der Waals surface area contributed by atoms with Crippen molar-refractivity contribution in [3.8, 4) is 0 Å². The van der Waals surface area contributed by atoms with Gasteiger partial charge >= 0.3 is 0 Å². The largest absolute Gasteiger partial charge is 0.299 e. The number of halogens is 2. The number of carbonyl (C=O) groups excluding carboxylic acids is 1. The van der Waals surface area contributed by atoms with Crippen molar-refractivity contribution < 1.29 is 9.18 Å². The lowest BCUT2D eigenvalue weighted by atomic mass is 9.81. The van der Waals surface area contributed by atoms with Crippen LogP contribution >= 0.6 is 11.6 Å². The molecule has 0 heterocycles. The van der Waals surface area contributed by atoms with Crippen LogP contribution in [0.1, 0.15) is 26.3 Å². The molecule has 14 heavy (non-hydrogen) atoms. The summed E-state index contributed by atoms with van der Waals surface area (Å²) in [7, 11) is 0. The third-order valence-electron chi connectivity index (χ3n) is 2.47. The van der Waals surface area contributed by atoms with E-state index in [1.54, 1.807) is 19.9 Å². The summed E-state index contributed by atoms with van der Waals surface area (Å²) in [6.07, 6.45) is 0. The lowest BCUT2D eigenvalue weighted by molar-refractivity contribution is -0.121. The molecule has 0 fully saturated rings. The summed E-state index contributed by atoms with van der Waals surface area (Å²) in [5.41, 5.74) is -0.600. The van der Waals surface area contributed by atoms with Crippen LogP contribution < -0.4 is 0 Å². The molecule has 0 saturated carbocycles. The van der Waals surface area contributed by atoms with Gasteiger partial charge in [0.05, 0.1) is 5.41 Å². The molecule has 3 heteroatoms. The van der Waals surface area contributed by atoms with Crippen LogP contribution in [0.4, 0.5) is 4.39 Å². The summed E-state index contributed by atoms with van der Waals surface area (Å²) >= 11 is 5.87. The van der Waals surface area contributed by atoms with Gasteiger partial charge in [0.1, 0.15) is 11.6 Å². The smallest absolute Gasteiger partial charge is 0.139 e. The van der Waals surface area contributed by atoms with Gasteiger partial charge in [-0.05, 0) is 32.9 Å². The molecule has 1 nitrogen and oxygen atoms in total. The topological polar surface area (TPSA) is 17.1 Å². The quantitative estimate of drug-likeness (QED) is 0.738. The molecule has 0 aromatic heterocycles. The van der Waals surface area contributed by atoms with Crippen LogP contribution in [-0.4, -0.2) is 5.78 Å². The molecule has 0 radical (unpaired) electrons. The first-order chi connectivity index (χ1) is 6.37. The zero-order valence-corrected chi connectivity index (χ0v) is 9.15. The molecule has 1 rings (SSSR count). The monoisotopic (exact) mass is 214 g/mol. The van der Waals surface area contributed by atoms with Crippen LogP contribution in [0.2, 0.25) is 5.02 Å². The van der Waals surface area contributed by atoms with Gasteiger partial charge in [-0.1, -0.05) is 17.7 Å². The fourth-order valence-electron chi connectivity index (χ4n) is 1.27. The van der Waals surface area contributed by atoms with Crippen molar-refractivity contribution in [3.63, 3.8) is 0 Å². The number of hydrogen-bond donors (Lipinski definition) is 0. The Bertz CT molecular complexity index is 351. The molecule has 0 aliphatic carbocycles. The molecule has 1 aromatic rings. The minimum Gasteiger partial charge on any atom is -0.299 e. The summed E-state index contributed by atoms with van der Waals surface area (Å²) in [5, 5.41) is 0.296. The first-order valence-electron chi connectivity index (χ1n) is 4.33. The summed E-state index contributed by atoms with van der Waals surface area (Å²) in [5.74, 6) is -0.540. The first kappa shape index (κ1) is 11.2.